The molecule has 132 valence electrons. The highest BCUT2D eigenvalue weighted by molar-refractivity contribution is 5.93. The molecule has 2 aliphatic carbocycles. The van der Waals surface area contributed by atoms with E-state index in [9.17, 15) is 4.79 Å². The summed E-state index contributed by atoms with van der Waals surface area (Å²) in [5.74, 6) is 0.760. The quantitative estimate of drug-likeness (QED) is 0.751. The maximum Gasteiger partial charge on any atom is 0.227 e. The minimum absolute atomic E-state index is 0.0385. The Morgan fingerprint density at radius 2 is 2.19 bits per heavy atom. The number of tetrazole rings is 1. The van der Waals surface area contributed by atoms with Crippen LogP contribution in [0.3, 0.4) is 0 Å². The van der Waals surface area contributed by atoms with Gasteiger partial charge in [0.2, 0.25) is 5.91 Å². The Hall–Kier alpha value is -3.03. The molecule has 1 aromatic carbocycles. The first-order valence-electron chi connectivity index (χ1n) is 8.98. The highest BCUT2D eigenvalue weighted by Gasteiger charge is 2.29. The molecule has 1 saturated carbocycles. The SMILES string of the molecule is O=C(Nc1cccc(-c2nnnn2C2CC2)c1)C1CCc2cn[nH]c2C1. The number of hydrogen-bond donors (Lipinski definition) is 2. The van der Waals surface area contributed by atoms with Gasteiger partial charge in [0.05, 0.1) is 12.2 Å². The van der Waals surface area contributed by atoms with Crippen molar-refractivity contribution in [3.05, 3.63) is 41.7 Å². The van der Waals surface area contributed by atoms with Gasteiger partial charge in [-0.05, 0) is 53.8 Å². The lowest BCUT2D eigenvalue weighted by atomic mass is 9.87. The summed E-state index contributed by atoms with van der Waals surface area (Å²) in [7, 11) is 0. The number of benzene rings is 1. The van der Waals surface area contributed by atoms with Gasteiger partial charge in [-0.1, -0.05) is 12.1 Å². The van der Waals surface area contributed by atoms with Crippen LogP contribution in [0.15, 0.2) is 30.5 Å². The number of rotatable bonds is 4. The molecular formula is C18H19N7O. The number of nitrogens with zero attached hydrogens (tertiary/aromatic N) is 5. The first-order valence-corrected chi connectivity index (χ1v) is 8.98. The average molecular weight is 349 g/mol. The van der Waals surface area contributed by atoms with Crippen molar-refractivity contribution in [1.29, 1.82) is 0 Å². The van der Waals surface area contributed by atoms with Crippen molar-refractivity contribution in [2.45, 2.75) is 38.1 Å². The lowest BCUT2D eigenvalue weighted by Gasteiger charge is -2.21. The fourth-order valence-corrected chi connectivity index (χ4v) is 3.56. The van der Waals surface area contributed by atoms with Gasteiger partial charge in [0, 0.05) is 29.3 Å². The molecule has 8 heteroatoms. The second-order valence-electron chi connectivity index (χ2n) is 7.06. The molecule has 1 atom stereocenters. The average Bonchev–Trinajstić information content (AvgIpc) is 3.20. The Bertz CT molecular complexity index is 956. The molecule has 3 aromatic rings. The van der Waals surface area contributed by atoms with Crippen LogP contribution in [-0.4, -0.2) is 36.3 Å². The number of aromatic amines is 1. The zero-order chi connectivity index (χ0) is 17.5. The van der Waals surface area contributed by atoms with Crippen LogP contribution in [0.4, 0.5) is 5.69 Å². The summed E-state index contributed by atoms with van der Waals surface area (Å²) < 4.78 is 1.88. The first-order chi connectivity index (χ1) is 12.8. The van der Waals surface area contributed by atoms with Gasteiger partial charge in [0.25, 0.3) is 0 Å². The van der Waals surface area contributed by atoms with Gasteiger partial charge in [-0.15, -0.1) is 5.10 Å². The van der Waals surface area contributed by atoms with Crippen LogP contribution in [0.5, 0.6) is 0 Å². The summed E-state index contributed by atoms with van der Waals surface area (Å²) in [4.78, 5) is 12.7. The standard InChI is InChI=1S/C18H19N7O/c26-18(12-4-5-13-10-19-21-16(13)9-12)20-14-3-1-2-11(8-14)17-22-23-24-25(17)15-6-7-15/h1-3,8,10,12,15H,4-7,9H2,(H,19,21)(H,20,26). The Morgan fingerprint density at radius 1 is 1.27 bits per heavy atom. The first kappa shape index (κ1) is 15.2. The minimum Gasteiger partial charge on any atom is -0.326 e. The molecule has 0 saturated heterocycles. The maximum atomic E-state index is 12.7. The Morgan fingerprint density at radius 3 is 3.08 bits per heavy atom. The Balaban J connectivity index is 1.33. The highest BCUT2D eigenvalue weighted by atomic mass is 16.1. The molecule has 1 unspecified atom stereocenters. The molecule has 8 nitrogen and oxygen atoms in total. The monoisotopic (exact) mass is 349 g/mol. The topological polar surface area (TPSA) is 101 Å². The summed E-state index contributed by atoms with van der Waals surface area (Å²) in [6.45, 7) is 0. The van der Waals surface area contributed by atoms with Gasteiger partial charge >= 0.3 is 0 Å². The van der Waals surface area contributed by atoms with E-state index in [1.165, 1.54) is 5.56 Å². The lowest BCUT2D eigenvalue weighted by Crippen LogP contribution is -2.28. The van der Waals surface area contributed by atoms with Crippen LogP contribution < -0.4 is 5.32 Å². The summed E-state index contributed by atoms with van der Waals surface area (Å²) in [5, 5.41) is 22.2. The normalized spacial score (nSPS) is 19.2. The molecule has 0 radical (unpaired) electrons. The fraction of sp³-hybridized carbons (Fsp3) is 0.389. The van der Waals surface area contributed by atoms with Gasteiger partial charge in [0.1, 0.15) is 0 Å². The number of carbonyl (C=O) groups excluding carboxylic acids is 1. The molecule has 5 rings (SSSR count). The molecule has 0 bridgehead atoms. The van der Waals surface area contributed by atoms with Crippen molar-refractivity contribution in [3.8, 4) is 11.4 Å². The van der Waals surface area contributed by atoms with E-state index in [0.717, 1.165) is 48.5 Å². The van der Waals surface area contributed by atoms with Crippen molar-refractivity contribution in [2.75, 3.05) is 5.32 Å². The van der Waals surface area contributed by atoms with Crippen molar-refractivity contribution >= 4 is 11.6 Å². The number of H-pyrrole nitrogens is 1. The van der Waals surface area contributed by atoms with Crippen LogP contribution >= 0.6 is 0 Å². The van der Waals surface area contributed by atoms with Gasteiger partial charge in [0.15, 0.2) is 5.82 Å². The molecular weight excluding hydrogens is 330 g/mol. The predicted molar refractivity (Wildman–Crippen MR) is 94.3 cm³/mol. The van der Waals surface area contributed by atoms with Gasteiger partial charge in [-0.3, -0.25) is 9.89 Å². The summed E-state index contributed by atoms with van der Waals surface area (Å²) in [6, 6.07) is 8.14. The molecule has 0 aliphatic heterocycles. The van der Waals surface area contributed by atoms with Crippen molar-refractivity contribution in [3.63, 3.8) is 0 Å². The van der Waals surface area contributed by atoms with Crippen LogP contribution in [0.2, 0.25) is 0 Å². The molecule has 2 aliphatic rings. The van der Waals surface area contributed by atoms with Crippen LogP contribution in [0.25, 0.3) is 11.4 Å². The molecule has 2 N–H and O–H groups in total. The number of anilines is 1. The van der Waals surface area contributed by atoms with E-state index in [2.05, 4.69) is 31.0 Å². The molecule has 1 amide bonds. The van der Waals surface area contributed by atoms with Crippen molar-refractivity contribution in [2.24, 2.45) is 5.92 Å². The van der Waals surface area contributed by atoms with Crippen LogP contribution in [0.1, 0.15) is 36.6 Å². The predicted octanol–water partition coefficient (Wildman–Crippen LogP) is 2.14. The number of aryl methyl sites for hydroxylation is 1. The Labute approximate surface area is 150 Å². The van der Waals surface area contributed by atoms with Gasteiger partial charge in [-0.2, -0.15) is 5.10 Å². The van der Waals surface area contributed by atoms with E-state index in [1.54, 1.807) is 0 Å². The fourth-order valence-electron chi connectivity index (χ4n) is 3.56. The molecule has 2 heterocycles. The van der Waals surface area contributed by atoms with E-state index in [1.807, 2.05) is 35.1 Å². The van der Waals surface area contributed by atoms with E-state index >= 15 is 0 Å². The third-order valence-electron chi connectivity index (χ3n) is 5.16. The largest absolute Gasteiger partial charge is 0.326 e. The van der Waals surface area contributed by atoms with Crippen molar-refractivity contribution in [1.82, 2.24) is 30.4 Å². The molecule has 26 heavy (non-hydrogen) atoms. The molecule has 2 aromatic heterocycles. The van der Waals surface area contributed by atoms with Gasteiger partial charge < -0.3 is 5.32 Å². The highest BCUT2D eigenvalue weighted by Crippen LogP contribution is 2.36. The number of nitrogens with one attached hydrogen (secondary N) is 2. The second-order valence-corrected chi connectivity index (χ2v) is 7.06. The van der Waals surface area contributed by atoms with Crippen LogP contribution in [-0.2, 0) is 17.6 Å². The van der Waals surface area contributed by atoms with E-state index in [-0.39, 0.29) is 11.8 Å². The van der Waals surface area contributed by atoms with E-state index in [0.29, 0.717) is 12.5 Å². The summed E-state index contributed by atoms with van der Waals surface area (Å²) in [5.41, 5.74) is 3.99. The van der Waals surface area contributed by atoms with Gasteiger partial charge in [-0.25, -0.2) is 4.68 Å². The zero-order valence-electron chi connectivity index (χ0n) is 14.2. The van der Waals surface area contributed by atoms with E-state index < -0.39 is 0 Å². The van der Waals surface area contributed by atoms with E-state index in [4.69, 9.17) is 0 Å². The molecule has 0 spiro atoms. The molecule has 1 fully saturated rings. The zero-order valence-corrected chi connectivity index (χ0v) is 14.2. The summed E-state index contributed by atoms with van der Waals surface area (Å²) >= 11 is 0. The number of hydrogen-bond acceptors (Lipinski definition) is 5. The smallest absolute Gasteiger partial charge is 0.227 e. The lowest BCUT2D eigenvalue weighted by molar-refractivity contribution is -0.120. The third kappa shape index (κ3) is 2.77. The number of fused-ring (bicyclic) bond motifs is 1. The second kappa shape index (κ2) is 6.05. The minimum atomic E-state index is -0.0385. The number of carbonyl (C=O) groups is 1. The summed E-state index contributed by atoms with van der Waals surface area (Å²) in [6.07, 6.45) is 6.54. The number of amides is 1. The Kier molecular flexibility index (Phi) is 3.55. The number of aromatic nitrogens is 6. The van der Waals surface area contributed by atoms with Crippen molar-refractivity contribution < 1.29 is 4.79 Å². The third-order valence-corrected chi connectivity index (χ3v) is 5.16. The van der Waals surface area contributed by atoms with Crippen LogP contribution in [0, 0.1) is 5.92 Å². The maximum absolute atomic E-state index is 12.7.